The summed E-state index contributed by atoms with van der Waals surface area (Å²) in [6, 6.07) is 0.216. The molecule has 0 fully saturated rings. The van der Waals surface area contributed by atoms with Crippen molar-refractivity contribution in [1.82, 2.24) is 10.6 Å². The Kier molecular flexibility index (Phi) is 6.52. The largest absolute Gasteiger partial charge is 0.377 e. The van der Waals surface area contributed by atoms with Crippen LogP contribution in [0.1, 0.15) is 34.1 Å². The third-order valence-electron chi connectivity index (χ3n) is 2.08. The molecule has 0 radical (unpaired) electrons. The zero-order valence-electron chi connectivity index (χ0n) is 10.5. The first-order valence-corrected chi connectivity index (χ1v) is 5.42. The highest BCUT2D eigenvalue weighted by atomic mass is 16.5. The highest BCUT2D eigenvalue weighted by Crippen LogP contribution is 2.04. The van der Waals surface area contributed by atoms with Gasteiger partial charge in [0, 0.05) is 32.7 Å². The molecule has 0 aromatic heterocycles. The van der Waals surface area contributed by atoms with Crippen molar-refractivity contribution in [3.8, 4) is 0 Å². The Bertz CT molecular complexity index is 191. The van der Waals surface area contributed by atoms with Crippen LogP contribution in [0, 0.1) is 0 Å². The molecule has 0 saturated heterocycles. The Morgan fingerprint density at radius 2 is 2.00 bits per heavy atom. The molecule has 0 rings (SSSR count). The van der Waals surface area contributed by atoms with Gasteiger partial charge in [0.2, 0.25) is 5.91 Å². The standard InChI is InChI=1S/C11H24N2O2/c1-9(2)13-10(14)6-7-12-8-11(3,4)15-5/h9,12H,6-8H2,1-5H3,(H,13,14). The summed E-state index contributed by atoms with van der Waals surface area (Å²) in [5.74, 6) is 0.0905. The van der Waals surface area contributed by atoms with Crippen molar-refractivity contribution in [2.24, 2.45) is 0 Å². The monoisotopic (exact) mass is 216 g/mol. The Morgan fingerprint density at radius 3 is 2.47 bits per heavy atom. The van der Waals surface area contributed by atoms with Gasteiger partial charge in [-0.3, -0.25) is 4.79 Å². The number of hydrogen-bond acceptors (Lipinski definition) is 3. The number of carbonyl (C=O) groups is 1. The lowest BCUT2D eigenvalue weighted by Crippen LogP contribution is -2.39. The molecule has 90 valence electrons. The zero-order valence-corrected chi connectivity index (χ0v) is 10.5. The summed E-state index contributed by atoms with van der Waals surface area (Å²) >= 11 is 0. The third kappa shape index (κ3) is 8.39. The molecule has 0 saturated carbocycles. The van der Waals surface area contributed by atoms with Crippen LogP contribution in [0.15, 0.2) is 0 Å². The van der Waals surface area contributed by atoms with Crippen LogP contribution in [0.25, 0.3) is 0 Å². The van der Waals surface area contributed by atoms with Gasteiger partial charge in [0.25, 0.3) is 0 Å². The maximum atomic E-state index is 11.3. The summed E-state index contributed by atoms with van der Waals surface area (Å²) in [6.45, 7) is 9.37. The normalized spacial score (nSPS) is 11.9. The van der Waals surface area contributed by atoms with E-state index >= 15 is 0 Å². The first kappa shape index (κ1) is 14.4. The minimum atomic E-state index is -0.172. The lowest BCUT2D eigenvalue weighted by Gasteiger charge is -2.23. The minimum Gasteiger partial charge on any atom is -0.377 e. The fraction of sp³-hybridized carbons (Fsp3) is 0.909. The fourth-order valence-corrected chi connectivity index (χ4v) is 1.06. The molecule has 0 aromatic rings. The molecule has 4 nitrogen and oxygen atoms in total. The molecule has 15 heavy (non-hydrogen) atoms. The molecule has 0 aliphatic heterocycles. The van der Waals surface area contributed by atoms with E-state index in [4.69, 9.17) is 4.74 Å². The van der Waals surface area contributed by atoms with E-state index in [9.17, 15) is 4.79 Å². The van der Waals surface area contributed by atoms with Crippen molar-refractivity contribution in [2.45, 2.75) is 45.8 Å². The van der Waals surface area contributed by atoms with Crippen molar-refractivity contribution in [2.75, 3.05) is 20.2 Å². The van der Waals surface area contributed by atoms with Crippen LogP contribution in [0.5, 0.6) is 0 Å². The van der Waals surface area contributed by atoms with Crippen LogP contribution in [0.4, 0.5) is 0 Å². The summed E-state index contributed by atoms with van der Waals surface area (Å²) in [5.41, 5.74) is -0.172. The van der Waals surface area contributed by atoms with Gasteiger partial charge in [-0.1, -0.05) is 0 Å². The molecular formula is C11H24N2O2. The second kappa shape index (κ2) is 6.80. The summed E-state index contributed by atoms with van der Waals surface area (Å²) < 4.78 is 5.25. The van der Waals surface area contributed by atoms with Crippen molar-refractivity contribution in [3.05, 3.63) is 0 Å². The summed E-state index contributed by atoms with van der Waals surface area (Å²) in [6.07, 6.45) is 0.512. The molecule has 0 unspecified atom stereocenters. The average molecular weight is 216 g/mol. The van der Waals surface area contributed by atoms with E-state index in [2.05, 4.69) is 10.6 Å². The van der Waals surface area contributed by atoms with Crippen LogP contribution >= 0.6 is 0 Å². The molecule has 0 aliphatic carbocycles. The smallest absolute Gasteiger partial charge is 0.221 e. The van der Waals surface area contributed by atoms with Crippen LogP contribution in [-0.4, -0.2) is 37.7 Å². The van der Waals surface area contributed by atoms with E-state index in [1.54, 1.807) is 7.11 Å². The van der Waals surface area contributed by atoms with Gasteiger partial charge in [-0.15, -0.1) is 0 Å². The minimum absolute atomic E-state index is 0.0905. The van der Waals surface area contributed by atoms with Crippen LogP contribution in [0.2, 0.25) is 0 Å². The van der Waals surface area contributed by atoms with Crippen LogP contribution < -0.4 is 10.6 Å². The SMILES string of the molecule is COC(C)(C)CNCCC(=O)NC(C)C. The molecule has 1 amide bonds. The summed E-state index contributed by atoms with van der Waals surface area (Å²) in [5, 5.41) is 6.04. The van der Waals surface area contributed by atoms with Gasteiger partial charge in [-0.05, 0) is 27.7 Å². The second-order valence-corrected chi connectivity index (χ2v) is 4.61. The van der Waals surface area contributed by atoms with Crippen molar-refractivity contribution in [3.63, 3.8) is 0 Å². The van der Waals surface area contributed by atoms with E-state index in [0.717, 1.165) is 6.54 Å². The van der Waals surface area contributed by atoms with Gasteiger partial charge < -0.3 is 15.4 Å². The van der Waals surface area contributed by atoms with Gasteiger partial charge >= 0.3 is 0 Å². The summed E-state index contributed by atoms with van der Waals surface area (Å²) in [4.78, 5) is 11.3. The highest BCUT2D eigenvalue weighted by molar-refractivity contribution is 5.76. The number of carbonyl (C=O) groups excluding carboxylic acids is 1. The predicted octanol–water partition coefficient (Wildman–Crippen LogP) is 0.916. The van der Waals surface area contributed by atoms with E-state index in [0.29, 0.717) is 13.0 Å². The van der Waals surface area contributed by atoms with Gasteiger partial charge in [-0.2, -0.15) is 0 Å². The van der Waals surface area contributed by atoms with Gasteiger partial charge in [0.05, 0.1) is 5.60 Å². The number of ether oxygens (including phenoxy) is 1. The lowest BCUT2D eigenvalue weighted by molar-refractivity contribution is -0.121. The Labute approximate surface area is 92.8 Å². The molecule has 0 bridgehead atoms. The lowest BCUT2D eigenvalue weighted by atomic mass is 10.1. The highest BCUT2D eigenvalue weighted by Gasteiger charge is 2.15. The molecule has 0 aromatic carbocycles. The quantitative estimate of drug-likeness (QED) is 0.622. The predicted molar refractivity (Wildman–Crippen MR) is 61.9 cm³/mol. The molecule has 0 spiro atoms. The van der Waals surface area contributed by atoms with Crippen LogP contribution in [-0.2, 0) is 9.53 Å². The van der Waals surface area contributed by atoms with Gasteiger partial charge in [0.15, 0.2) is 0 Å². The zero-order chi connectivity index (χ0) is 11.9. The first-order chi connectivity index (χ1) is 6.87. The van der Waals surface area contributed by atoms with E-state index in [-0.39, 0.29) is 17.6 Å². The number of methoxy groups -OCH3 is 1. The topological polar surface area (TPSA) is 50.4 Å². The van der Waals surface area contributed by atoms with Gasteiger partial charge in [-0.25, -0.2) is 0 Å². The summed E-state index contributed by atoms with van der Waals surface area (Å²) in [7, 11) is 1.69. The number of hydrogen-bond donors (Lipinski definition) is 2. The maximum absolute atomic E-state index is 11.3. The van der Waals surface area contributed by atoms with Crippen molar-refractivity contribution in [1.29, 1.82) is 0 Å². The van der Waals surface area contributed by atoms with E-state index in [1.165, 1.54) is 0 Å². The molecule has 0 aliphatic rings. The van der Waals surface area contributed by atoms with E-state index in [1.807, 2.05) is 27.7 Å². The average Bonchev–Trinajstić information content (AvgIpc) is 2.11. The number of rotatable bonds is 7. The Morgan fingerprint density at radius 1 is 1.40 bits per heavy atom. The number of amides is 1. The van der Waals surface area contributed by atoms with E-state index < -0.39 is 0 Å². The Balaban J connectivity index is 3.50. The Hall–Kier alpha value is -0.610. The molecule has 0 heterocycles. The maximum Gasteiger partial charge on any atom is 0.221 e. The molecule has 0 atom stereocenters. The van der Waals surface area contributed by atoms with Gasteiger partial charge in [0.1, 0.15) is 0 Å². The van der Waals surface area contributed by atoms with Crippen LogP contribution in [0.3, 0.4) is 0 Å². The molecule has 2 N–H and O–H groups in total. The fourth-order valence-electron chi connectivity index (χ4n) is 1.06. The molecule has 4 heteroatoms. The number of nitrogens with one attached hydrogen (secondary N) is 2. The third-order valence-corrected chi connectivity index (χ3v) is 2.08. The van der Waals surface area contributed by atoms with Crippen molar-refractivity contribution >= 4 is 5.91 Å². The second-order valence-electron chi connectivity index (χ2n) is 4.61. The first-order valence-electron chi connectivity index (χ1n) is 5.42. The molecular weight excluding hydrogens is 192 g/mol. The van der Waals surface area contributed by atoms with Crippen molar-refractivity contribution < 1.29 is 9.53 Å².